The number of methoxy groups -OCH3 is 1. The van der Waals surface area contributed by atoms with E-state index in [4.69, 9.17) is 13.9 Å². The van der Waals surface area contributed by atoms with Crippen molar-refractivity contribution < 1.29 is 18.7 Å². The molecular weight excluding hydrogens is 348 g/mol. The number of morpholine rings is 1. The van der Waals surface area contributed by atoms with Gasteiger partial charge in [-0.2, -0.15) is 4.98 Å². The number of aromatic nitrogens is 2. The smallest absolute Gasteiger partial charge is 0.302 e. The summed E-state index contributed by atoms with van der Waals surface area (Å²) in [5, 5.41) is 2.69. The van der Waals surface area contributed by atoms with Crippen LogP contribution in [-0.4, -0.2) is 49.3 Å². The van der Waals surface area contributed by atoms with Gasteiger partial charge in [-0.25, -0.2) is 0 Å². The van der Waals surface area contributed by atoms with Gasteiger partial charge in [0, 0.05) is 25.0 Å². The molecule has 1 fully saturated rings. The van der Waals surface area contributed by atoms with E-state index >= 15 is 0 Å². The molecule has 3 heterocycles. The molecule has 8 nitrogen and oxygen atoms in total. The molecule has 1 aromatic carbocycles. The Bertz CT molecular complexity index is 962. The lowest BCUT2D eigenvalue weighted by molar-refractivity contribution is 0.102. The second-order valence-electron chi connectivity index (χ2n) is 6.23. The van der Waals surface area contributed by atoms with Crippen LogP contribution in [0.2, 0.25) is 0 Å². The van der Waals surface area contributed by atoms with Crippen molar-refractivity contribution in [3.63, 3.8) is 0 Å². The van der Waals surface area contributed by atoms with Gasteiger partial charge < -0.3 is 18.8 Å². The molecule has 0 bridgehead atoms. The number of rotatable bonds is 4. The van der Waals surface area contributed by atoms with Gasteiger partial charge in [0.05, 0.1) is 31.6 Å². The van der Waals surface area contributed by atoms with Crippen LogP contribution < -0.4 is 15.0 Å². The molecule has 8 heteroatoms. The van der Waals surface area contributed by atoms with Crippen LogP contribution in [0.5, 0.6) is 5.75 Å². The SMILES string of the molecule is COc1ccc(N2CCOCC2)c2oc(NC(=O)c3ccc(C)nc3)nc12. The van der Waals surface area contributed by atoms with Crippen LogP contribution >= 0.6 is 0 Å². The first kappa shape index (κ1) is 17.3. The first-order valence-corrected chi connectivity index (χ1v) is 8.70. The van der Waals surface area contributed by atoms with Crippen molar-refractivity contribution in [3.05, 3.63) is 41.7 Å². The summed E-state index contributed by atoms with van der Waals surface area (Å²) >= 11 is 0. The van der Waals surface area contributed by atoms with Crippen LogP contribution in [0.4, 0.5) is 11.7 Å². The lowest BCUT2D eigenvalue weighted by Crippen LogP contribution is -2.36. The lowest BCUT2D eigenvalue weighted by atomic mass is 10.2. The van der Waals surface area contributed by atoms with Gasteiger partial charge in [-0.3, -0.25) is 15.1 Å². The zero-order valence-electron chi connectivity index (χ0n) is 15.2. The fourth-order valence-electron chi connectivity index (χ4n) is 3.01. The van der Waals surface area contributed by atoms with Crippen molar-refractivity contribution in [3.8, 4) is 5.75 Å². The van der Waals surface area contributed by atoms with Crippen molar-refractivity contribution in [1.29, 1.82) is 0 Å². The highest BCUT2D eigenvalue weighted by Crippen LogP contribution is 2.35. The number of nitrogens with one attached hydrogen (secondary N) is 1. The number of amides is 1. The third kappa shape index (κ3) is 3.43. The number of carbonyl (C=O) groups is 1. The number of ether oxygens (including phenoxy) is 2. The van der Waals surface area contributed by atoms with Crippen LogP contribution in [0, 0.1) is 6.92 Å². The van der Waals surface area contributed by atoms with Gasteiger partial charge >= 0.3 is 6.01 Å². The number of oxazole rings is 1. The largest absolute Gasteiger partial charge is 0.494 e. The maximum absolute atomic E-state index is 12.4. The van der Waals surface area contributed by atoms with E-state index in [2.05, 4.69) is 20.2 Å². The standard InChI is InChI=1S/C19H20N4O4/c1-12-3-4-13(11-20-12)18(24)22-19-21-16-15(25-2)6-5-14(17(16)27-19)23-7-9-26-10-8-23/h3-6,11H,7-10H2,1-2H3,(H,21,22,24). The Morgan fingerprint density at radius 3 is 2.74 bits per heavy atom. The summed E-state index contributed by atoms with van der Waals surface area (Å²) in [5.41, 5.74) is 3.32. The number of anilines is 2. The van der Waals surface area contributed by atoms with Crippen LogP contribution in [0.15, 0.2) is 34.9 Å². The Labute approximate surface area is 156 Å². The molecule has 27 heavy (non-hydrogen) atoms. The molecule has 0 radical (unpaired) electrons. The highest BCUT2D eigenvalue weighted by Gasteiger charge is 2.21. The predicted octanol–water partition coefficient (Wildman–Crippen LogP) is 2.63. The average molecular weight is 368 g/mol. The van der Waals surface area contributed by atoms with Gasteiger partial charge in [-0.15, -0.1) is 0 Å². The van der Waals surface area contributed by atoms with Crippen molar-refractivity contribution in [2.45, 2.75) is 6.92 Å². The molecule has 0 spiro atoms. The quantitative estimate of drug-likeness (QED) is 0.757. The molecule has 0 aliphatic carbocycles. The van der Waals surface area contributed by atoms with E-state index in [9.17, 15) is 4.79 Å². The monoisotopic (exact) mass is 368 g/mol. The molecule has 1 saturated heterocycles. The molecule has 0 saturated carbocycles. The number of benzene rings is 1. The van der Waals surface area contributed by atoms with Crippen LogP contribution in [0.1, 0.15) is 16.1 Å². The third-order valence-electron chi connectivity index (χ3n) is 4.45. The molecule has 2 aromatic heterocycles. The summed E-state index contributed by atoms with van der Waals surface area (Å²) in [7, 11) is 1.58. The van der Waals surface area contributed by atoms with Crippen LogP contribution in [0.3, 0.4) is 0 Å². The molecule has 140 valence electrons. The van der Waals surface area contributed by atoms with E-state index in [0.29, 0.717) is 35.6 Å². The number of carbonyl (C=O) groups excluding carboxylic acids is 1. The first-order chi connectivity index (χ1) is 13.2. The molecule has 4 rings (SSSR count). The second kappa shape index (κ2) is 7.24. The summed E-state index contributed by atoms with van der Waals surface area (Å²) in [6.45, 7) is 4.71. The maximum Gasteiger partial charge on any atom is 0.302 e. The number of nitrogens with zero attached hydrogens (tertiary/aromatic N) is 3. The zero-order chi connectivity index (χ0) is 18.8. The third-order valence-corrected chi connectivity index (χ3v) is 4.45. The second-order valence-corrected chi connectivity index (χ2v) is 6.23. The lowest BCUT2D eigenvalue weighted by Gasteiger charge is -2.28. The average Bonchev–Trinajstić information content (AvgIpc) is 3.11. The van der Waals surface area contributed by atoms with E-state index in [1.165, 1.54) is 6.20 Å². The van der Waals surface area contributed by atoms with Gasteiger partial charge in [-0.1, -0.05) is 0 Å². The van der Waals surface area contributed by atoms with E-state index < -0.39 is 0 Å². The Balaban J connectivity index is 1.67. The van der Waals surface area contributed by atoms with E-state index in [1.807, 2.05) is 19.1 Å². The van der Waals surface area contributed by atoms with Gasteiger partial charge in [0.2, 0.25) is 0 Å². The highest BCUT2D eigenvalue weighted by molar-refractivity contribution is 6.04. The van der Waals surface area contributed by atoms with Crippen molar-refractivity contribution >= 4 is 28.7 Å². The minimum atomic E-state index is -0.332. The van der Waals surface area contributed by atoms with Gasteiger partial charge in [0.1, 0.15) is 5.75 Å². The van der Waals surface area contributed by atoms with E-state index in [0.717, 1.165) is 24.5 Å². The predicted molar refractivity (Wildman–Crippen MR) is 101 cm³/mol. The van der Waals surface area contributed by atoms with Crippen LogP contribution in [0.25, 0.3) is 11.1 Å². The Hall–Kier alpha value is -3.13. The van der Waals surface area contributed by atoms with Gasteiger partial charge in [-0.05, 0) is 31.2 Å². The maximum atomic E-state index is 12.4. The molecule has 1 aliphatic heterocycles. The molecule has 1 amide bonds. The van der Waals surface area contributed by atoms with E-state index in [1.54, 1.807) is 19.2 Å². The number of aryl methyl sites for hydroxylation is 1. The Morgan fingerprint density at radius 2 is 2.04 bits per heavy atom. The summed E-state index contributed by atoms with van der Waals surface area (Å²) in [6.07, 6.45) is 1.52. The normalized spacial score (nSPS) is 14.4. The summed E-state index contributed by atoms with van der Waals surface area (Å²) in [6, 6.07) is 7.40. The van der Waals surface area contributed by atoms with Crippen molar-refractivity contribution in [2.24, 2.45) is 0 Å². The Kier molecular flexibility index (Phi) is 4.64. The molecule has 3 aromatic rings. The minimum absolute atomic E-state index is 0.120. The van der Waals surface area contributed by atoms with Crippen molar-refractivity contribution in [1.82, 2.24) is 9.97 Å². The molecule has 1 N–H and O–H groups in total. The molecule has 0 unspecified atom stereocenters. The summed E-state index contributed by atoms with van der Waals surface area (Å²) < 4.78 is 16.7. The molecule has 0 atom stereocenters. The first-order valence-electron chi connectivity index (χ1n) is 8.70. The van der Waals surface area contributed by atoms with Gasteiger partial charge in [0.25, 0.3) is 5.91 Å². The Morgan fingerprint density at radius 1 is 1.22 bits per heavy atom. The number of hydrogen-bond acceptors (Lipinski definition) is 7. The molecular formula is C19H20N4O4. The topological polar surface area (TPSA) is 89.7 Å². The highest BCUT2D eigenvalue weighted by atomic mass is 16.5. The fourth-order valence-corrected chi connectivity index (χ4v) is 3.01. The minimum Gasteiger partial charge on any atom is -0.494 e. The fraction of sp³-hybridized carbons (Fsp3) is 0.316. The molecule has 1 aliphatic rings. The van der Waals surface area contributed by atoms with Gasteiger partial charge in [0.15, 0.2) is 11.1 Å². The summed E-state index contributed by atoms with van der Waals surface area (Å²) in [4.78, 5) is 23.2. The van der Waals surface area contributed by atoms with Crippen molar-refractivity contribution in [2.75, 3.05) is 43.6 Å². The number of fused-ring (bicyclic) bond motifs is 1. The van der Waals surface area contributed by atoms with E-state index in [-0.39, 0.29) is 11.9 Å². The summed E-state index contributed by atoms with van der Waals surface area (Å²) in [5.74, 6) is 0.254. The number of pyridine rings is 1. The zero-order valence-corrected chi connectivity index (χ0v) is 15.2. The number of hydrogen-bond donors (Lipinski definition) is 1. The van der Waals surface area contributed by atoms with Crippen LogP contribution in [-0.2, 0) is 4.74 Å².